The normalized spacial score (nSPS) is 17.1. The first kappa shape index (κ1) is 13.2. The number of hydrogen-bond donors (Lipinski definition) is 2. The Morgan fingerprint density at radius 1 is 1.35 bits per heavy atom. The van der Waals surface area contributed by atoms with Gasteiger partial charge in [0, 0.05) is 35.2 Å². The number of rotatable bonds is 6. The average Bonchev–Trinajstić information content (AvgIpc) is 3.11. The lowest BCUT2D eigenvalue weighted by Gasteiger charge is -2.15. The van der Waals surface area contributed by atoms with Crippen molar-refractivity contribution in [2.75, 3.05) is 6.54 Å². The smallest absolute Gasteiger partial charge is 0.0451 e. The minimum atomic E-state index is 0.436. The highest BCUT2D eigenvalue weighted by Gasteiger charge is 2.20. The van der Waals surface area contributed by atoms with Crippen LogP contribution in [0.5, 0.6) is 0 Å². The minimum absolute atomic E-state index is 0.436. The number of benzene rings is 1. The van der Waals surface area contributed by atoms with E-state index >= 15 is 0 Å². The maximum absolute atomic E-state index is 6.10. The van der Waals surface area contributed by atoms with E-state index in [9.17, 15) is 0 Å². The molecule has 1 fully saturated rings. The van der Waals surface area contributed by atoms with E-state index in [0.717, 1.165) is 34.7 Å². The molecule has 4 heteroatoms. The Labute approximate surface area is 113 Å². The van der Waals surface area contributed by atoms with E-state index in [1.54, 1.807) is 0 Å². The lowest BCUT2D eigenvalue weighted by atomic mass is 10.2. The fourth-order valence-corrected chi connectivity index (χ4v) is 2.05. The molecule has 0 saturated heterocycles. The van der Waals surface area contributed by atoms with Gasteiger partial charge in [0.15, 0.2) is 0 Å². The molecule has 0 aromatic heterocycles. The van der Waals surface area contributed by atoms with Crippen LogP contribution in [0, 0.1) is 0 Å². The van der Waals surface area contributed by atoms with Crippen molar-refractivity contribution >= 4 is 23.2 Å². The van der Waals surface area contributed by atoms with Crippen molar-refractivity contribution in [2.45, 2.75) is 38.4 Å². The van der Waals surface area contributed by atoms with Crippen LogP contribution < -0.4 is 10.6 Å². The lowest BCUT2D eigenvalue weighted by molar-refractivity contribution is 0.500. The monoisotopic (exact) mass is 272 g/mol. The van der Waals surface area contributed by atoms with Crippen LogP contribution in [0.2, 0.25) is 10.0 Å². The molecule has 94 valence electrons. The SMILES string of the molecule is CC(CNC1CC1)NCc1cc(Cl)ccc1Cl. The van der Waals surface area contributed by atoms with Gasteiger partial charge in [-0.05, 0) is 43.5 Å². The fraction of sp³-hybridized carbons (Fsp3) is 0.538. The molecule has 2 nitrogen and oxygen atoms in total. The first-order chi connectivity index (χ1) is 8.15. The van der Waals surface area contributed by atoms with Crippen LogP contribution in [0.25, 0.3) is 0 Å². The zero-order valence-corrected chi connectivity index (χ0v) is 11.5. The maximum atomic E-state index is 6.10. The van der Waals surface area contributed by atoms with Crippen molar-refractivity contribution in [3.8, 4) is 0 Å². The Morgan fingerprint density at radius 2 is 2.12 bits per heavy atom. The van der Waals surface area contributed by atoms with Crippen LogP contribution in [0.15, 0.2) is 18.2 Å². The third kappa shape index (κ3) is 4.47. The molecule has 0 bridgehead atoms. The van der Waals surface area contributed by atoms with Crippen molar-refractivity contribution in [1.29, 1.82) is 0 Å². The van der Waals surface area contributed by atoms with E-state index in [-0.39, 0.29) is 0 Å². The summed E-state index contributed by atoms with van der Waals surface area (Å²) >= 11 is 12.0. The van der Waals surface area contributed by atoms with Crippen molar-refractivity contribution < 1.29 is 0 Å². The van der Waals surface area contributed by atoms with Gasteiger partial charge in [0.25, 0.3) is 0 Å². The summed E-state index contributed by atoms with van der Waals surface area (Å²) in [6, 6.07) is 6.76. The second kappa shape index (κ2) is 6.05. The van der Waals surface area contributed by atoms with Crippen LogP contribution in [-0.4, -0.2) is 18.6 Å². The van der Waals surface area contributed by atoms with Gasteiger partial charge in [0.2, 0.25) is 0 Å². The molecule has 0 heterocycles. The van der Waals surface area contributed by atoms with E-state index in [2.05, 4.69) is 17.6 Å². The van der Waals surface area contributed by atoms with Crippen LogP contribution in [0.3, 0.4) is 0 Å². The van der Waals surface area contributed by atoms with Crippen molar-refractivity contribution in [2.24, 2.45) is 0 Å². The van der Waals surface area contributed by atoms with Gasteiger partial charge in [-0.25, -0.2) is 0 Å². The number of hydrogen-bond acceptors (Lipinski definition) is 2. The first-order valence-corrected chi connectivity index (χ1v) is 6.81. The Bertz CT molecular complexity index is 378. The molecule has 1 atom stereocenters. The third-order valence-electron chi connectivity index (χ3n) is 2.94. The molecular formula is C13H18Cl2N2. The Hall–Kier alpha value is -0.280. The first-order valence-electron chi connectivity index (χ1n) is 6.06. The minimum Gasteiger partial charge on any atom is -0.312 e. The summed E-state index contributed by atoms with van der Waals surface area (Å²) in [6.45, 7) is 3.93. The van der Waals surface area contributed by atoms with Crippen LogP contribution in [0.4, 0.5) is 0 Å². The highest BCUT2D eigenvalue weighted by atomic mass is 35.5. The fourth-order valence-electron chi connectivity index (χ4n) is 1.67. The topological polar surface area (TPSA) is 24.1 Å². The molecule has 1 aromatic rings. The molecule has 1 saturated carbocycles. The third-order valence-corrected chi connectivity index (χ3v) is 3.54. The van der Waals surface area contributed by atoms with Gasteiger partial charge in [-0.2, -0.15) is 0 Å². The van der Waals surface area contributed by atoms with E-state index in [0.29, 0.717) is 6.04 Å². The molecule has 2 rings (SSSR count). The average molecular weight is 273 g/mol. The van der Waals surface area contributed by atoms with Crippen molar-refractivity contribution in [1.82, 2.24) is 10.6 Å². The van der Waals surface area contributed by atoms with Gasteiger partial charge >= 0.3 is 0 Å². The zero-order valence-electron chi connectivity index (χ0n) is 9.97. The Balaban J connectivity index is 1.77. The van der Waals surface area contributed by atoms with E-state index in [4.69, 9.17) is 23.2 Å². The predicted octanol–water partition coefficient (Wildman–Crippen LogP) is 3.22. The van der Waals surface area contributed by atoms with Crippen molar-refractivity contribution in [3.05, 3.63) is 33.8 Å². The highest BCUT2D eigenvalue weighted by Crippen LogP contribution is 2.20. The molecule has 1 unspecified atom stereocenters. The summed E-state index contributed by atoms with van der Waals surface area (Å²) in [5.41, 5.74) is 1.05. The summed E-state index contributed by atoms with van der Waals surface area (Å²) in [4.78, 5) is 0. The number of nitrogens with one attached hydrogen (secondary N) is 2. The zero-order chi connectivity index (χ0) is 12.3. The van der Waals surface area contributed by atoms with Crippen LogP contribution in [0.1, 0.15) is 25.3 Å². The van der Waals surface area contributed by atoms with Gasteiger partial charge in [-0.3, -0.25) is 0 Å². The molecule has 0 spiro atoms. The molecule has 0 radical (unpaired) electrons. The lowest BCUT2D eigenvalue weighted by Crippen LogP contribution is -2.36. The maximum Gasteiger partial charge on any atom is 0.0451 e. The summed E-state index contributed by atoms with van der Waals surface area (Å²) in [6.07, 6.45) is 2.65. The Morgan fingerprint density at radius 3 is 2.82 bits per heavy atom. The summed E-state index contributed by atoms with van der Waals surface area (Å²) < 4.78 is 0. The second-order valence-electron chi connectivity index (χ2n) is 4.70. The molecule has 1 aliphatic carbocycles. The van der Waals surface area contributed by atoms with Gasteiger partial charge in [0.05, 0.1) is 0 Å². The molecule has 1 aromatic carbocycles. The van der Waals surface area contributed by atoms with E-state index in [1.165, 1.54) is 12.8 Å². The molecular weight excluding hydrogens is 255 g/mol. The van der Waals surface area contributed by atoms with E-state index in [1.807, 2.05) is 18.2 Å². The predicted molar refractivity (Wildman–Crippen MR) is 73.8 cm³/mol. The van der Waals surface area contributed by atoms with Gasteiger partial charge in [-0.15, -0.1) is 0 Å². The highest BCUT2D eigenvalue weighted by molar-refractivity contribution is 6.33. The second-order valence-corrected chi connectivity index (χ2v) is 5.54. The summed E-state index contributed by atoms with van der Waals surface area (Å²) in [5.74, 6) is 0. The largest absolute Gasteiger partial charge is 0.312 e. The van der Waals surface area contributed by atoms with Gasteiger partial charge in [-0.1, -0.05) is 23.2 Å². The van der Waals surface area contributed by atoms with Crippen LogP contribution in [-0.2, 0) is 6.54 Å². The summed E-state index contributed by atoms with van der Waals surface area (Å²) in [5, 5.41) is 8.44. The molecule has 2 N–H and O–H groups in total. The molecule has 1 aliphatic rings. The molecule has 0 amide bonds. The number of halogens is 2. The standard InChI is InChI=1S/C13H18Cl2N2/c1-9(7-17-12-3-4-12)16-8-10-6-11(14)2-5-13(10)15/h2,5-6,9,12,16-17H,3-4,7-8H2,1H3. The Kier molecular flexibility index (Phi) is 4.69. The molecule has 0 aliphatic heterocycles. The van der Waals surface area contributed by atoms with E-state index < -0.39 is 0 Å². The summed E-state index contributed by atoms with van der Waals surface area (Å²) in [7, 11) is 0. The van der Waals surface area contributed by atoms with Gasteiger partial charge in [0.1, 0.15) is 0 Å². The van der Waals surface area contributed by atoms with Crippen molar-refractivity contribution in [3.63, 3.8) is 0 Å². The molecule has 17 heavy (non-hydrogen) atoms. The van der Waals surface area contributed by atoms with Gasteiger partial charge < -0.3 is 10.6 Å². The quantitative estimate of drug-likeness (QED) is 0.831. The van der Waals surface area contributed by atoms with Crippen LogP contribution >= 0.6 is 23.2 Å².